The van der Waals surface area contributed by atoms with Crippen molar-refractivity contribution in [1.29, 1.82) is 0 Å². The standard InChI is InChI=1S/C14H18ClNO2/c15-13-6-1-2-7-14(13)18-10-9-16-8-4-3-5-12(16)11-17/h1-2,6-7,11-12H,3-5,8-10H2. The van der Waals surface area contributed by atoms with Crippen LogP contribution in [0.25, 0.3) is 0 Å². The number of benzene rings is 1. The van der Waals surface area contributed by atoms with Gasteiger partial charge in [0.2, 0.25) is 0 Å². The molecule has 0 radical (unpaired) electrons. The van der Waals surface area contributed by atoms with E-state index in [0.29, 0.717) is 17.4 Å². The van der Waals surface area contributed by atoms with Gasteiger partial charge in [-0.2, -0.15) is 0 Å². The zero-order valence-corrected chi connectivity index (χ0v) is 11.1. The first-order valence-corrected chi connectivity index (χ1v) is 6.76. The molecule has 0 amide bonds. The number of hydrogen-bond acceptors (Lipinski definition) is 3. The predicted molar refractivity (Wildman–Crippen MR) is 72.2 cm³/mol. The summed E-state index contributed by atoms with van der Waals surface area (Å²) in [7, 11) is 0. The highest BCUT2D eigenvalue weighted by molar-refractivity contribution is 6.32. The largest absolute Gasteiger partial charge is 0.491 e. The fraction of sp³-hybridized carbons (Fsp3) is 0.500. The van der Waals surface area contributed by atoms with Crippen molar-refractivity contribution in [3.8, 4) is 5.75 Å². The van der Waals surface area contributed by atoms with Crippen LogP contribution in [0.3, 0.4) is 0 Å². The van der Waals surface area contributed by atoms with Crippen LogP contribution >= 0.6 is 11.6 Å². The van der Waals surface area contributed by atoms with Crippen LogP contribution in [0.4, 0.5) is 0 Å². The SMILES string of the molecule is O=CC1CCCCN1CCOc1ccccc1Cl. The van der Waals surface area contributed by atoms with Gasteiger partial charge in [-0.15, -0.1) is 0 Å². The van der Waals surface area contributed by atoms with E-state index < -0.39 is 0 Å². The van der Waals surface area contributed by atoms with Crippen LogP contribution in [-0.4, -0.2) is 36.9 Å². The van der Waals surface area contributed by atoms with Crippen LogP contribution in [0.1, 0.15) is 19.3 Å². The lowest BCUT2D eigenvalue weighted by molar-refractivity contribution is -0.113. The Hall–Kier alpha value is -1.06. The van der Waals surface area contributed by atoms with E-state index in [-0.39, 0.29) is 6.04 Å². The van der Waals surface area contributed by atoms with Crippen molar-refractivity contribution in [3.05, 3.63) is 29.3 Å². The van der Waals surface area contributed by atoms with Gasteiger partial charge in [0.05, 0.1) is 11.1 Å². The third-order valence-corrected chi connectivity index (χ3v) is 3.61. The molecule has 1 fully saturated rings. The molecule has 18 heavy (non-hydrogen) atoms. The molecule has 0 aliphatic carbocycles. The summed E-state index contributed by atoms with van der Waals surface area (Å²) < 4.78 is 5.64. The second-order valence-electron chi connectivity index (χ2n) is 4.51. The number of piperidine rings is 1. The molecule has 2 rings (SSSR count). The van der Waals surface area contributed by atoms with Gasteiger partial charge < -0.3 is 9.53 Å². The minimum absolute atomic E-state index is 0.0635. The first kappa shape index (κ1) is 13.4. The van der Waals surface area contributed by atoms with Gasteiger partial charge in [0.15, 0.2) is 0 Å². The van der Waals surface area contributed by atoms with E-state index in [1.54, 1.807) is 0 Å². The summed E-state index contributed by atoms with van der Waals surface area (Å²) in [6.07, 6.45) is 4.33. The molecule has 98 valence electrons. The van der Waals surface area contributed by atoms with E-state index >= 15 is 0 Å². The van der Waals surface area contributed by atoms with Crippen molar-refractivity contribution in [1.82, 2.24) is 4.90 Å². The normalized spacial score (nSPS) is 20.6. The maximum absolute atomic E-state index is 11.0. The molecule has 1 atom stereocenters. The highest BCUT2D eigenvalue weighted by Gasteiger charge is 2.21. The molecule has 1 unspecified atom stereocenters. The van der Waals surface area contributed by atoms with E-state index in [1.165, 1.54) is 0 Å². The van der Waals surface area contributed by atoms with Gasteiger partial charge in [-0.1, -0.05) is 30.2 Å². The summed E-state index contributed by atoms with van der Waals surface area (Å²) in [5.41, 5.74) is 0. The Bertz CT molecular complexity index is 397. The number of aldehydes is 1. The zero-order chi connectivity index (χ0) is 12.8. The highest BCUT2D eigenvalue weighted by Crippen LogP contribution is 2.23. The third kappa shape index (κ3) is 3.47. The first-order valence-electron chi connectivity index (χ1n) is 6.38. The van der Waals surface area contributed by atoms with E-state index in [2.05, 4.69) is 4.90 Å². The topological polar surface area (TPSA) is 29.5 Å². The third-order valence-electron chi connectivity index (χ3n) is 3.29. The van der Waals surface area contributed by atoms with Gasteiger partial charge >= 0.3 is 0 Å². The zero-order valence-electron chi connectivity index (χ0n) is 10.3. The molecule has 1 aliphatic rings. The number of ether oxygens (including phenoxy) is 1. The minimum atomic E-state index is 0.0635. The van der Waals surface area contributed by atoms with Crippen molar-refractivity contribution in [2.24, 2.45) is 0 Å². The van der Waals surface area contributed by atoms with Crippen LogP contribution in [0, 0.1) is 0 Å². The lowest BCUT2D eigenvalue weighted by Gasteiger charge is -2.31. The number of nitrogens with zero attached hydrogens (tertiary/aromatic N) is 1. The molecule has 0 spiro atoms. The van der Waals surface area contributed by atoms with E-state index in [4.69, 9.17) is 16.3 Å². The van der Waals surface area contributed by atoms with Crippen molar-refractivity contribution in [2.45, 2.75) is 25.3 Å². The smallest absolute Gasteiger partial charge is 0.137 e. The van der Waals surface area contributed by atoms with E-state index in [9.17, 15) is 4.79 Å². The highest BCUT2D eigenvalue weighted by atomic mass is 35.5. The Kier molecular flexibility index (Phi) is 5.02. The van der Waals surface area contributed by atoms with Gasteiger partial charge in [-0.3, -0.25) is 4.90 Å². The quantitative estimate of drug-likeness (QED) is 0.769. The number of hydrogen-bond donors (Lipinski definition) is 0. The Morgan fingerprint density at radius 1 is 1.39 bits per heavy atom. The lowest BCUT2D eigenvalue weighted by Crippen LogP contribution is -2.42. The molecule has 1 saturated heterocycles. The van der Waals surface area contributed by atoms with Crippen LogP contribution in [0.15, 0.2) is 24.3 Å². The molecule has 0 saturated carbocycles. The average molecular weight is 268 g/mol. The number of rotatable bonds is 5. The van der Waals surface area contributed by atoms with Gasteiger partial charge in [0, 0.05) is 6.54 Å². The lowest BCUT2D eigenvalue weighted by atomic mass is 10.0. The summed E-state index contributed by atoms with van der Waals surface area (Å²) in [6, 6.07) is 7.51. The number of halogens is 1. The maximum atomic E-state index is 11.0. The number of carbonyl (C=O) groups is 1. The summed E-state index contributed by atoms with van der Waals surface area (Å²) in [5.74, 6) is 0.707. The van der Waals surface area contributed by atoms with Crippen LogP contribution in [0.2, 0.25) is 5.02 Å². The van der Waals surface area contributed by atoms with E-state index in [0.717, 1.165) is 38.6 Å². The monoisotopic (exact) mass is 267 g/mol. The minimum Gasteiger partial charge on any atom is -0.491 e. The molecule has 1 aliphatic heterocycles. The molecule has 1 aromatic carbocycles. The first-order chi connectivity index (χ1) is 8.81. The average Bonchev–Trinajstić information content (AvgIpc) is 2.41. The number of para-hydroxylation sites is 1. The Morgan fingerprint density at radius 2 is 2.22 bits per heavy atom. The molecular formula is C14H18ClNO2. The van der Waals surface area contributed by atoms with Crippen molar-refractivity contribution in [3.63, 3.8) is 0 Å². The Labute approximate surface area is 113 Å². The number of carbonyl (C=O) groups excluding carboxylic acids is 1. The molecule has 0 bridgehead atoms. The van der Waals surface area contributed by atoms with Gasteiger partial charge in [-0.25, -0.2) is 0 Å². The van der Waals surface area contributed by atoms with Gasteiger partial charge in [0.1, 0.15) is 18.6 Å². The summed E-state index contributed by atoms with van der Waals surface area (Å²) in [5, 5.41) is 0.628. The Balaban J connectivity index is 1.81. The van der Waals surface area contributed by atoms with Crippen LogP contribution in [-0.2, 0) is 4.79 Å². The Morgan fingerprint density at radius 3 is 3.00 bits per heavy atom. The summed E-state index contributed by atoms with van der Waals surface area (Å²) >= 11 is 6.01. The molecular weight excluding hydrogens is 250 g/mol. The van der Waals surface area contributed by atoms with Gasteiger partial charge in [0.25, 0.3) is 0 Å². The summed E-state index contributed by atoms with van der Waals surface area (Å²) in [4.78, 5) is 13.1. The fourth-order valence-corrected chi connectivity index (χ4v) is 2.47. The van der Waals surface area contributed by atoms with Crippen LogP contribution in [0.5, 0.6) is 5.75 Å². The molecule has 4 heteroatoms. The maximum Gasteiger partial charge on any atom is 0.137 e. The van der Waals surface area contributed by atoms with Crippen molar-refractivity contribution in [2.75, 3.05) is 19.7 Å². The van der Waals surface area contributed by atoms with E-state index in [1.807, 2.05) is 24.3 Å². The van der Waals surface area contributed by atoms with Gasteiger partial charge in [-0.05, 0) is 31.5 Å². The summed E-state index contributed by atoms with van der Waals surface area (Å²) in [6.45, 7) is 2.32. The molecule has 0 N–H and O–H groups in total. The predicted octanol–water partition coefficient (Wildman–Crippen LogP) is 2.77. The molecule has 3 nitrogen and oxygen atoms in total. The van der Waals surface area contributed by atoms with Crippen molar-refractivity contribution >= 4 is 17.9 Å². The van der Waals surface area contributed by atoms with Crippen LogP contribution < -0.4 is 4.74 Å². The molecule has 0 aromatic heterocycles. The molecule has 1 aromatic rings. The molecule has 1 heterocycles. The fourth-order valence-electron chi connectivity index (χ4n) is 2.28. The number of likely N-dealkylation sites (tertiary alicyclic amines) is 1. The second kappa shape index (κ2) is 6.76. The second-order valence-corrected chi connectivity index (χ2v) is 4.92. The van der Waals surface area contributed by atoms with Crippen molar-refractivity contribution < 1.29 is 9.53 Å².